The van der Waals surface area contributed by atoms with Crippen LogP contribution in [0.5, 0.6) is 5.75 Å². The molecule has 0 amide bonds. The van der Waals surface area contributed by atoms with E-state index in [4.69, 9.17) is 4.74 Å². The summed E-state index contributed by atoms with van der Waals surface area (Å²) in [6, 6.07) is 18.9. The second-order valence-electron chi connectivity index (χ2n) is 5.75. The van der Waals surface area contributed by atoms with Crippen molar-refractivity contribution in [1.82, 2.24) is 4.90 Å². The standard InChI is InChI=1S/C20H25NO/c1-4-18(19-8-6-5-7-9-19)16-17-10-12-20(13-11-17)22-15-14-21(2)3/h4-13,18H,1,14-16H2,2-3H3. The molecule has 0 spiro atoms. The quantitative estimate of drug-likeness (QED) is 0.679. The highest BCUT2D eigenvalue weighted by Gasteiger charge is 2.08. The SMILES string of the molecule is C=CC(Cc1ccc(OCCN(C)C)cc1)c1ccccc1. The number of rotatable bonds is 8. The lowest BCUT2D eigenvalue weighted by Crippen LogP contribution is -2.19. The van der Waals surface area contributed by atoms with Crippen molar-refractivity contribution in [2.24, 2.45) is 0 Å². The Hall–Kier alpha value is -2.06. The van der Waals surface area contributed by atoms with Crippen LogP contribution >= 0.6 is 0 Å². The molecule has 0 aliphatic carbocycles. The molecule has 22 heavy (non-hydrogen) atoms. The Morgan fingerprint density at radius 3 is 2.32 bits per heavy atom. The van der Waals surface area contributed by atoms with Crippen LogP contribution in [0, 0.1) is 0 Å². The number of nitrogens with zero attached hydrogens (tertiary/aromatic N) is 1. The first kappa shape index (κ1) is 16.3. The van der Waals surface area contributed by atoms with Gasteiger partial charge in [-0.25, -0.2) is 0 Å². The maximum absolute atomic E-state index is 5.73. The van der Waals surface area contributed by atoms with Crippen molar-refractivity contribution >= 4 is 0 Å². The van der Waals surface area contributed by atoms with Gasteiger partial charge in [-0.3, -0.25) is 0 Å². The molecule has 0 fully saturated rings. The van der Waals surface area contributed by atoms with E-state index in [0.29, 0.717) is 12.5 Å². The molecule has 0 saturated carbocycles. The maximum atomic E-state index is 5.73. The van der Waals surface area contributed by atoms with Crippen molar-refractivity contribution in [1.29, 1.82) is 0 Å². The molecule has 116 valence electrons. The molecule has 0 heterocycles. The van der Waals surface area contributed by atoms with Crippen molar-refractivity contribution in [3.63, 3.8) is 0 Å². The number of allylic oxidation sites excluding steroid dienone is 1. The average molecular weight is 295 g/mol. The molecule has 0 aromatic heterocycles. The molecule has 1 unspecified atom stereocenters. The van der Waals surface area contributed by atoms with Gasteiger partial charge in [-0.1, -0.05) is 48.5 Å². The molecule has 0 saturated heterocycles. The van der Waals surface area contributed by atoms with Gasteiger partial charge in [0.05, 0.1) is 0 Å². The number of benzene rings is 2. The van der Waals surface area contributed by atoms with E-state index < -0.39 is 0 Å². The van der Waals surface area contributed by atoms with Crippen LogP contribution in [-0.4, -0.2) is 32.1 Å². The summed E-state index contributed by atoms with van der Waals surface area (Å²) in [5.74, 6) is 1.28. The predicted octanol–water partition coefficient (Wildman–Crippen LogP) is 4.14. The van der Waals surface area contributed by atoms with E-state index >= 15 is 0 Å². The summed E-state index contributed by atoms with van der Waals surface area (Å²) >= 11 is 0. The highest BCUT2D eigenvalue weighted by atomic mass is 16.5. The summed E-state index contributed by atoms with van der Waals surface area (Å²) in [7, 11) is 4.09. The number of hydrogen-bond donors (Lipinski definition) is 0. The van der Waals surface area contributed by atoms with Gasteiger partial charge in [-0.05, 0) is 43.8 Å². The maximum Gasteiger partial charge on any atom is 0.119 e. The molecule has 0 bridgehead atoms. The molecule has 2 aromatic carbocycles. The zero-order valence-corrected chi connectivity index (χ0v) is 13.5. The van der Waals surface area contributed by atoms with Crippen LogP contribution in [0.3, 0.4) is 0 Å². The first-order chi connectivity index (χ1) is 10.7. The Morgan fingerprint density at radius 2 is 1.73 bits per heavy atom. The van der Waals surface area contributed by atoms with Crippen LogP contribution in [0.2, 0.25) is 0 Å². The Kier molecular flexibility index (Phi) is 6.23. The fraction of sp³-hybridized carbons (Fsp3) is 0.300. The molecule has 0 radical (unpaired) electrons. The minimum Gasteiger partial charge on any atom is -0.492 e. The smallest absolute Gasteiger partial charge is 0.119 e. The predicted molar refractivity (Wildman–Crippen MR) is 93.6 cm³/mol. The van der Waals surface area contributed by atoms with E-state index in [1.54, 1.807) is 0 Å². The monoisotopic (exact) mass is 295 g/mol. The van der Waals surface area contributed by atoms with Crippen LogP contribution in [0.1, 0.15) is 17.0 Å². The Morgan fingerprint density at radius 1 is 1.05 bits per heavy atom. The van der Waals surface area contributed by atoms with Crippen molar-refractivity contribution in [3.05, 3.63) is 78.4 Å². The van der Waals surface area contributed by atoms with Crippen LogP contribution < -0.4 is 4.74 Å². The Bertz CT molecular complexity index is 560. The van der Waals surface area contributed by atoms with E-state index in [9.17, 15) is 0 Å². The number of hydrogen-bond acceptors (Lipinski definition) is 2. The molecule has 2 heteroatoms. The first-order valence-corrected chi connectivity index (χ1v) is 7.73. The van der Waals surface area contributed by atoms with Gasteiger partial charge in [-0.2, -0.15) is 0 Å². The summed E-state index contributed by atoms with van der Waals surface area (Å²) in [6.07, 6.45) is 2.99. The molecular formula is C20H25NO. The zero-order chi connectivity index (χ0) is 15.8. The minimum atomic E-state index is 0.349. The van der Waals surface area contributed by atoms with Gasteiger partial charge in [0.2, 0.25) is 0 Å². The van der Waals surface area contributed by atoms with E-state index in [0.717, 1.165) is 18.7 Å². The van der Waals surface area contributed by atoms with Gasteiger partial charge in [0.25, 0.3) is 0 Å². The summed E-state index contributed by atoms with van der Waals surface area (Å²) in [4.78, 5) is 2.11. The van der Waals surface area contributed by atoms with Gasteiger partial charge in [0.15, 0.2) is 0 Å². The lowest BCUT2D eigenvalue weighted by atomic mass is 9.92. The van der Waals surface area contributed by atoms with Crippen LogP contribution in [0.4, 0.5) is 0 Å². The van der Waals surface area contributed by atoms with Gasteiger partial charge >= 0.3 is 0 Å². The number of likely N-dealkylation sites (N-methyl/N-ethyl adjacent to an activating group) is 1. The second kappa shape index (κ2) is 8.40. The van der Waals surface area contributed by atoms with Crippen LogP contribution in [0.15, 0.2) is 67.3 Å². The van der Waals surface area contributed by atoms with E-state index in [1.165, 1.54) is 11.1 Å². The van der Waals surface area contributed by atoms with Crippen LogP contribution in [-0.2, 0) is 6.42 Å². The molecule has 0 aliphatic heterocycles. The molecule has 0 aliphatic rings. The first-order valence-electron chi connectivity index (χ1n) is 7.73. The molecule has 2 aromatic rings. The van der Waals surface area contributed by atoms with E-state index in [2.05, 4.69) is 60.0 Å². The highest BCUT2D eigenvalue weighted by molar-refractivity contribution is 5.31. The van der Waals surface area contributed by atoms with Crippen molar-refractivity contribution in [2.45, 2.75) is 12.3 Å². The Labute approximate surface area is 134 Å². The third kappa shape index (κ3) is 5.05. The molecule has 2 rings (SSSR count). The van der Waals surface area contributed by atoms with Crippen LogP contribution in [0.25, 0.3) is 0 Å². The average Bonchev–Trinajstić information content (AvgIpc) is 2.54. The van der Waals surface area contributed by atoms with Crippen molar-refractivity contribution in [3.8, 4) is 5.75 Å². The fourth-order valence-electron chi connectivity index (χ4n) is 2.36. The molecule has 1 atom stereocenters. The topological polar surface area (TPSA) is 12.5 Å². The fourth-order valence-corrected chi connectivity index (χ4v) is 2.36. The lowest BCUT2D eigenvalue weighted by Gasteiger charge is -2.14. The van der Waals surface area contributed by atoms with Gasteiger partial charge < -0.3 is 9.64 Å². The van der Waals surface area contributed by atoms with Crippen molar-refractivity contribution in [2.75, 3.05) is 27.2 Å². The Balaban J connectivity index is 1.94. The molecule has 0 N–H and O–H groups in total. The lowest BCUT2D eigenvalue weighted by molar-refractivity contribution is 0.261. The normalized spacial score (nSPS) is 12.1. The largest absolute Gasteiger partial charge is 0.492 e. The highest BCUT2D eigenvalue weighted by Crippen LogP contribution is 2.23. The summed E-state index contributed by atoms with van der Waals surface area (Å²) in [5, 5.41) is 0. The third-order valence-electron chi connectivity index (χ3n) is 3.70. The van der Waals surface area contributed by atoms with Gasteiger partial charge in [0, 0.05) is 12.5 Å². The zero-order valence-electron chi connectivity index (χ0n) is 13.5. The number of ether oxygens (including phenoxy) is 1. The molecular weight excluding hydrogens is 270 g/mol. The second-order valence-corrected chi connectivity index (χ2v) is 5.75. The van der Waals surface area contributed by atoms with Gasteiger partial charge in [-0.15, -0.1) is 6.58 Å². The summed E-state index contributed by atoms with van der Waals surface area (Å²) in [6.45, 7) is 5.62. The van der Waals surface area contributed by atoms with Gasteiger partial charge in [0.1, 0.15) is 12.4 Å². The summed E-state index contributed by atoms with van der Waals surface area (Å²) in [5.41, 5.74) is 2.61. The van der Waals surface area contributed by atoms with Crippen molar-refractivity contribution < 1.29 is 4.74 Å². The van der Waals surface area contributed by atoms with E-state index in [-0.39, 0.29) is 0 Å². The molecule has 2 nitrogen and oxygen atoms in total. The summed E-state index contributed by atoms with van der Waals surface area (Å²) < 4.78 is 5.73. The van der Waals surface area contributed by atoms with E-state index in [1.807, 2.05) is 26.2 Å². The minimum absolute atomic E-state index is 0.349. The third-order valence-corrected chi connectivity index (χ3v) is 3.70.